The third-order valence-electron chi connectivity index (χ3n) is 5.24. The van der Waals surface area contributed by atoms with Crippen molar-refractivity contribution in [3.05, 3.63) is 101 Å². The highest BCUT2D eigenvalue weighted by molar-refractivity contribution is 6.11. The monoisotopic (exact) mass is 355 g/mol. The van der Waals surface area contributed by atoms with Crippen LogP contribution >= 0.6 is 0 Å². The lowest BCUT2D eigenvalue weighted by Crippen LogP contribution is -2.41. The van der Waals surface area contributed by atoms with Crippen LogP contribution in [0.25, 0.3) is 0 Å². The summed E-state index contributed by atoms with van der Waals surface area (Å²) in [4.78, 5) is 19.0. The van der Waals surface area contributed by atoms with E-state index in [0.29, 0.717) is 5.75 Å². The van der Waals surface area contributed by atoms with Gasteiger partial charge in [-0.25, -0.2) is 4.79 Å². The molecule has 27 heavy (non-hydrogen) atoms. The number of para-hydroxylation sites is 1. The first-order chi connectivity index (χ1) is 13.2. The van der Waals surface area contributed by atoms with E-state index in [-0.39, 0.29) is 0 Å². The molecule has 0 aliphatic carbocycles. The van der Waals surface area contributed by atoms with Crippen LogP contribution < -0.4 is 4.74 Å². The van der Waals surface area contributed by atoms with Crippen LogP contribution in [-0.2, 0) is 15.2 Å². The molecule has 3 aromatic carbocycles. The lowest BCUT2D eigenvalue weighted by atomic mass is 9.74. The second-order valence-electron chi connectivity index (χ2n) is 6.90. The Labute approximate surface area is 157 Å². The van der Waals surface area contributed by atoms with Crippen LogP contribution in [0.4, 0.5) is 0 Å². The molecular weight excluding hydrogens is 338 g/mol. The Balaban J connectivity index is 1.72. The second kappa shape index (κ2) is 5.81. The lowest BCUT2D eigenvalue weighted by Gasteiger charge is -2.26. The summed E-state index contributed by atoms with van der Waals surface area (Å²) in [5.41, 5.74) is 3.21. The number of fused-ring (bicyclic) bond motifs is 2. The summed E-state index contributed by atoms with van der Waals surface area (Å²) in [6, 6.07) is 25.4. The summed E-state index contributed by atoms with van der Waals surface area (Å²) in [7, 11) is 0. The number of hydrogen-bond acceptors (Lipinski definition) is 4. The number of hydrogen-bond donors (Lipinski definition) is 0. The van der Waals surface area contributed by atoms with Gasteiger partial charge in [0.15, 0.2) is 0 Å². The maximum Gasteiger partial charge on any atom is 0.364 e. The minimum atomic E-state index is -1.29. The van der Waals surface area contributed by atoms with Crippen molar-refractivity contribution < 1.29 is 14.4 Å². The molecule has 0 fully saturated rings. The maximum atomic E-state index is 13.0. The van der Waals surface area contributed by atoms with Crippen LogP contribution in [0.2, 0.25) is 0 Å². The van der Waals surface area contributed by atoms with Crippen molar-refractivity contribution in [2.45, 2.75) is 18.4 Å². The normalized spacial score (nSPS) is 22.9. The highest BCUT2D eigenvalue weighted by Crippen LogP contribution is 2.53. The van der Waals surface area contributed by atoms with Crippen LogP contribution in [0.5, 0.6) is 5.75 Å². The third-order valence-corrected chi connectivity index (χ3v) is 5.24. The fourth-order valence-corrected chi connectivity index (χ4v) is 3.91. The topological polar surface area (TPSA) is 47.9 Å². The van der Waals surface area contributed by atoms with E-state index in [4.69, 9.17) is 9.57 Å². The predicted octanol–water partition coefficient (Wildman–Crippen LogP) is 4.33. The Hall–Kier alpha value is -3.40. The average Bonchev–Trinajstić information content (AvgIpc) is 3.23. The molecule has 0 radical (unpaired) electrons. The zero-order valence-corrected chi connectivity index (χ0v) is 14.8. The van der Waals surface area contributed by atoms with E-state index in [1.807, 2.05) is 79.7 Å². The second-order valence-corrected chi connectivity index (χ2v) is 6.90. The van der Waals surface area contributed by atoms with E-state index >= 15 is 0 Å². The summed E-state index contributed by atoms with van der Waals surface area (Å²) in [5.74, 6) is -0.287. The zero-order valence-electron chi connectivity index (χ0n) is 14.8. The highest BCUT2D eigenvalue weighted by Gasteiger charge is 2.63. The number of ether oxygens (including phenoxy) is 1. The van der Waals surface area contributed by atoms with Crippen molar-refractivity contribution in [2.24, 2.45) is 5.16 Å². The molecule has 5 rings (SSSR count). The summed E-state index contributed by atoms with van der Waals surface area (Å²) >= 11 is 0. The molecule has 4 heteroatoms. The smallest absolute Gasteiger partial charge is 0.364 e. The molecule has 0 bridgehead atoms. The first kappa shape index (κ1) is 15.8. The minimum absolute atomic E-state index is 0.391. The largest absolute Gasteiger partial charge is 0.423 e. The molecular formula is C23H17NO3. The fourth-order valence-electron chi connectivity index (χ4n) is 3.91. The van der Waals surface area contributed by atoms with Crippen LogP contribution in [0, 0.1) is 6.92 Å². The van der Waals surface area contributed by atoms with Gasteiger partial charge in [-0.15, -0.1) is 0 Å². The zero-order chi connectivity index (χ0) is 18.4. The van der Waals surface area contributed by atoms with E-state index in [2.05, 4.69) is 5.16 Å². The standard InChI is InChI=1S/C23H17NO3/c1-15-11-13-17(14-12-15)21-20(16-7-3-2-4-8-16)23(27-24-21)18-9-5-6-10-19(18)26-22(23)25/h2-14,20H,1H3/t20-,23+/m0/s1. The quantitative estimate of drug-likeness (QED) is 0.508. The first-order valence-corrected chi connectivity index (χ1v) is 8.90. The molecule has 0 N–H and O–H groups in total. The van der Waals surface area contributed by atoms with Crippen LogP contribution in [0.15, 0.2) is 84.0 Å². The fraction of sp³-hybridized carbons (Fsp3) is 0.130. The van der Waals surface area contributed by atoms with Crippen molar-refractivity contribution in [3.8, 4) is 5.75 Å². The molecule has 4 nitrogen and oxygen atoms in total. The summed E-state index contributed by atoms with van der Waals surface area (Å²) in [5, 5.41) is 4.39. The van der Waals surface area contributed by atoms with Crippen molar-refractivity contribution in [1.29, 1.82) is 0 Å². The average molecular weight is 355 g/mol. The maximum absolute atomic E-state index is 13.0. The molecule has 0 amide bonds. The van der Waals surface area contributed by atoms with Gasteiger partial charge in [-0.3, -0.25) is 0 Å². The molecule has 2 aliphatic rings. The van der Waals surface area contributed by atoms with E-state index in [1.54, 1.807) is 6.07 Å². The number of rotatable bonds is 2. The van der Waals surface area contributed by atoms with Gasteiger partial charge < -0.3 is 9.57 Å². The molecule has 2 aliphatic heterocycles. The van der Waals surface area contributed by atoms with Crippen molar-refractivity contribution in [1.82, 2.24) is 0 Å². The molecule has 2 heterocycles. The van der Waals surface area contributed by atoms with Gasteiger partial charge in [0.2, 0.25) is 0 Å². The van der Waals surface area contributed by atoms with Gasteiger partial charge >= 0.3 is 5.97 Å². The molecule has 2 atom stereocenters. The Kier molecular flexibility index (Phi) is 3.41. The molecule has 132 valence electrons. The Morgan fingerprint density at radius 2 is 1.59 bits per heavy atom. The van der Waals surface area contributed by atoms with Gasteiger partial charge in [-0.1, -0.05) is 83.5 Å². The summed E-state index contributed by atoms with van der Waals surface area (Å²) in [6.45, 7) is 2.04. The van der Waals surface area contributed by atoms with Crippen LogP contribution in [0.1, 0.15) is 28.2 Å². The van der Waals surface area contributed by atoms with E-state index in [1.165, 1.54) is 0 Å². The molecule has 3 aromatic rings. The third kappa shape index (κ3) is 2.23. The highest BCUT2D eigenvalue weighted by atomic mass is 16.7. The number of carbonyl (C=O) groups excluding carboxylic acids is 1. The number of esters is 1. The van der Waals surface area contributed by atoms with Crippen molar-refractivity contribution in [2.75, 3.05) is 0 Å². The lowest BCUT2D eigenvalue weighted by molar-refractivity contribution is -0.157. The van der Waals surface area contributed by atoms with E-state index in [0.717, 1.165) is 28.0 Å². The van der Waals surface area contributed by atoms with Crippen LogP contribution in [0.3, 0.4) is 0 Å². The van der Waals surface area contributed by atoms with E-state index in [9.17, 15) is 4.79 Å². The van der Waals surface area contributed by atoms with Crippen LogP contribution in [-0.4, -0.2) is 11.7 Å². The van der Waals surface area contributed by atoms with E-state index < -0.39 is 17.5 Å². The summed E-state index contributed by atoms with van der Waals surface area (Å²) in [6.07, 6.45) is 0. The van der Waals surface area contributed by atoms with Gasteiger partial charge in [0.25, 0.3) is 5.60 Å². The van der Waals surface area contributed by atoms with Crippen molar-refractivity contribution in [3.63, 3.8) is 0 Å². The SMILES string of the molecule is Cc1ccc(C2=NO[C@@]3(C(=O)Oc4ccccc43)[C@H]2c2ccccc2)cc1. The predicted molar refractivity (Wildman–Crippen MR) is 102 cm³/mol. The number of carbonyl (C=O) groups is 1. The molecule has 0 unspecified atom stereocenters. The van der Waals surface area contributed by atoms with Gasteiger partial charge in [-0.05, 0) is 18.6 Å². The summed E-state index contributed by atoms with van der Waals surface area (Å²) < 4.78 is 5.56. The number of benzene rings is 3. The Morgan fingerprint density at radius 3 is 2.37 bits per heavy atom. The number of aryl methyl sites for hydroxylation is 1. The number of nitrogens with zero attached hydrogens (tertiary/aromatic N) is 1. The number of oxime groups is 1. The molecule has 0 aromatic heterocycles. The first-order valence-electron chi connectivity index (χ1n) is 8.90. The van der Waals surface area contributed by atoms with Gasteiger partial charge in [0, 0.05) is 5.56 Å². The molecule has 1 spiro atoms. The van der Waals surface area contributed by atoms with Gasteiger partial charge in [0.05, 0.1) is 17.2 Å². The molecule has 0 saturated heterocycles. The van der Waals surface area contributed by atoms with Gasteiger partial charge in [-0.2, -0.15) is 0 Å². The Morgan fingerprint density at radius 1 is 0.889 bits per heavy atom. The minimum Gasteiger partial charge on any atom is -0.423 e. The van der Waals surface area contributed by atoms with Crippen molar-refractivity contribution >= 4 is 11.7 Å². The molecule has 0 saturated carbocycles. The Bertz CT molecular complexity index is 1060. The van der Waals surface area contributed by atoms with Gasteiger partial charge in [0.1, 0.15) is 5.75 Å².